The molecule has 1 fully saturated rings. The van der Waals surface area contributed by atoms with Gasteiger partial charge in [-0.1, -0.05) is 12.8 Å². The van der Waals surface area contributed by atoms with Crippen molar-refractivity contribution in [3.63, 3.8) is 0 Å². The smallest absolute Gasteiger partial charge is 0.324 e. The third-order valence-corrected chi connectivity index (χ3v) is 3.31. The van der Waals surface area contributed by atoms with Crippen molar-refractivity contribution in [3.05, 3.63) is 0 Å². The summed E-state index contributed by atoms with van der Waals surface area (Å²) in [6, 6.07) is 0. The maximum atomic E-state index is 11.6. The van der Waals surface area contributed by atoms with Crippen molar-refractivity contribution in [2.45, 2.75) is 45.8 Å². The molecule has 2 unspecified atom stereocenters. The highest BCUT2D eigenvalue weighted by Crippen LogP contribution is 2.34. The molecule has 5 heteroatoms. The normalized spacial score (nSPS) is 20.5. The lowest BCUT2D eigenvalue weighted by Crippen LogP contribution is -2.41. The van der Waals surface area contributed by atoms with Crippen LogP contribution in [0.2, 0.25) is 0 Å². The molecule has 5 nitrogen and oxygen atoms in total. The molecule has 2 atom stereocenters. The Bertz CT molecular complexity index is 297. The number of carbonyl (C=O) groups is 2. The highest BCUT2D eigenvalue weighted by Gasteiger charge is 2.40. The van der Waals surface area contributed by atoms with E-state index in [4.69, 9.17) is 9.84 Å². The van der Waals surface area contributed by atoms with Gasteiger partial charge in [0, 0.05) is 6.42 Å². The second-order valence-electron chi connectivity index (χ2n) is 4.93. The second kappa shape index (κ2) is 5.60. The van der Waals surface area contributed by atoms with Crippen molar-refractivity contribution in [2.24, 2.45) is 11.3 Å². The Hall–Kier alpha value is -0.940. The molecule has 0 heterocycles. The molecule has 0 aliphatic heterocycles. The predicted molar refractivity (Wildman–Crippen MR) is 59.9 cm³/mol. The molecule has 0 spiro atoms. The summed E-state index contributed by atoms with van der Waals surface area (Å²) in [4.78, 5) is 22.9. The molecule has 1 saturated carbocycles. The summed E-state index contributed by atoms with van der Waals surface area (Å²) in [5.74, 6) is -0.699. The highest BCUT2D eigenvalue weighted by molar-refractivity contribution is 6.02. The molecule has 17 heavy (non-hydrogen) atoms. The van der Waals surface area contributed by atoms with Crippen LogP contribution in [0.5, 0.6) is 0 Å². The van der Waals surface area contributed by atoms with Gasteiger partial charge in [0.1, 0.15) is 11.2 Å². The van der Waals surface area contributed by atoms with E-state index in [1.54, 1.807) is 0 Å². The zero-order valence-corrected chi connectivity index (χ0v) is 10.3. The predicted octanol–water partition coefficient (Wildman–Crippen LogP) is 0.626. The zero-order valence-electron chi connectivity index (χ0n) is 10.3. The number of ketones is 1. The molecule has 0 saturated heterocycles. The van der Waals surface area contributed by atoms with Crippen LogP contribution in [0.4, 0.5) is 0 Å². The topological polar surface area (TPSA) is 83.8 Å². The molecule has 1 aliphatic rings. The SMILES string of the molecule is CC(=O)C(C)(CO)C(=O)OC(O)CCC1CC1. The summed E-state index contributed by atoms with van der Waals surface area (Å²) in [5, 5.41) is 18.6. The van der Waals surface area contributed by atoms with Gasteiger partial charge in [0.05, 0.1) is 6.61 Å². The van der Waals surface area contributed by atoms with E-state index < -0.39 is 30.1 Å². The van der Waals surface area contributed by atoms with Crippen molar-refractivity contribution in [1.29, 1.82) is 0 Å². The van der Waals surface area contributed by atoms with Gasteiger partial charge in [0.25, 0.3) is 0 Å². The standard InChI is InChI=1S/C12H20O5/c1-8(14)12(2,7-13)11(16)17-10(15)6-5-9-3-4-9/h9-10,13,15H,3-7H2,1-2H3. The minimum Gasteiger partial charge on any atom is -0.435 e. The van der Waals surface area contributed by atoms with E-state index in [0.717, 1.165) is 6.42 Å². The van der Waals surface area contributed by atoms with E-state index in [2.05, 4.69) is 0 Å². The van der Waals surface area contributed by atoms with Gasteiger partial charge in [-0.05, 0) is 26.2 Å². The quantitative estimate of drug-likeness (QED) is 0.390. The van der Waals surface area contributed by atoms with E-state index in [1.165, 1.54) is 26.7 Å². The van der Waals surface area contributed by atoms with Crippen LogP contribution in [0.15, 0.2) is 0 Å². The van der Waals surface area contributed by atoms with Crippen molar-refractivity contribution in [1.82, 2.24) is 0 Å². The first kappa shape index (κ1) is 14.1. The Morgan fingerprint density at radius 1 is 1.47 bits per heavy atom. The fourth-order valence-corrected chi connectivity index (χ4v) is 1.42. The van der Waals surface area contributed by atoms with Gasteiger partial charge < -0.3 is 14.9 Å². The lowest BCUT2D eigenvalue weighted by atomic mass is 9.87. The van der Waals surface area contributed by atoms with Crippen LogP contribution < -0.4 is 0 Å². The first-order chi connectivity index (χ1) is 7.90. The van der Waals surface area contributed by atoms with Gasteiger partial charge in [-0.15, -0.1) is 0 Å². The molecule has 0 aromatic rings. The van der Waals surface area contributed by atoms with Crippen LogP contribution in [0.3, 0.4) is 0 Å². The summed E-state index contributed by atoms with van der Waals surface area (Å²) in [6.07, 6.45) is 2.36. The summed E-state index contributed by atoms with van der Waals surface area (Å²) in [6.45, 7) is 1.91. The summed E-state index contributed by atoms with van der Waals surface area (Å²) in [5.41, 5.74) is -1.57. The van der Waals surface area contributed by atoms with Crippen LogP contribution in [0.25, 0.3) is 0 Å². The van der Waals surface area contributed by atoms with Gasteiger partial charge in [-0.2, -0.15) is 0 Å². The largest absolute Gasteiger partial charge is 0.435 e. The van der Waals surface area contributed by atoms with Gasteiger partial charge >= 0.3 is 5.97 Å². The summed E-state index contributed by atoms with van der Waals surface area (Å²) >= 11 is 0. The number of aliphatic hydroxyl groups excluding tert-OH is 2. The molecule has 0 amide bonds. The maximum absolute atomic E-state index is 11.6. The molecule has 0 aromatic carbocycles. The first-order valence-electron chi connectivity index (χ1n) is 5.91. The van der Waals surface area contributed by atoms with E-state index in [0.29, 0.717) is 12.3 Å². The Labute approximate surface area is 101 Å². The molecular formula is C12H20O5. The zero-order chi connectivity index (χ0) is 13.1. The number of hydrogen-bond donors (Lipinski definition) is 2. The summed E-state index contributed by atoms with van der Waals surface area (Å²) < 4.78 is 4.78. The average Bonchev–Trinajstić information content (AvgIpc) is 3.08. The first-order valence-corrected chi connectivity index (χ1v) is 5.91. The molecule has 2 N–H and O–H groups in total. The van der Waals surface area contributed by atoms with E-state index in [1.807, 2.05) is 0 Å². The van der Waals surface area contributed by atoms with Crippen molar-refractivity contribution in [2.75, 3.05) is 6.61 Å². The number of hydrogen-bond acceptors (Lipinski definition) is 5. The monoisotopic (exact) mass is 244 g/mol. The fourth-order valence-electron chi connectivity index (χ4n) is 1.42. The Morgan fingerprint density at radius 3 is 2.47 bits per heavy atom. The molecule has 1 aliphatic carbocycles. The molecule has 0 aromatic heterocycles. The van der Waals surface area contributed by atoms with Crippen molar-refractivity contribution in [3.8, 4) is 0 Å². The minimum absolute atomic E-state index is 0.385. The highest BCUT2D eigenvalue weighted by atomic mass is 16.6. The Kier molecular flexibility index (Phi) is 4.65. The second-order valence-corrected chi connectivity index (χ2v) is 4.93. The lowest BCUT2D eigenvalue weighted by molar-refractivity contribution is -0.183. The summed E-state index contributed by atoms with van der Waals surface area (Å²) in [7, 11) is 0. The minimum atomic E-state index is -1.57. The van der Waals surface area contributed by atoms with E-state index in [-0.39, 0.29) is 0 Å². The Balaban J connectivity index is 2.42. The average molecular weight is 244 g/mol. The molecule has 0 bridgehead atoms. The lowest BCUT2D eigenvalue weighted by Gasteiger charge is -2.23. The number of rotatable bonds is 7. The van der Waals surface area contributed by atoms with Gasteiger partial charge in [0.2, 0.25) is 6.29 Å². The number of aliphatic hydroxyl groups is 2. The number of Topliss-reactive ketones (excluding diaryl/α,β-unsaturated/α-hetero) is 1. The third kappa shape index (κ3) is 3.78. The van der Waals surface area contributed by atoms with E-state index in [9.17, 15) is 14.7 Å². The number of ether oxygens (including phenoxy) is 1. The number of esters is 1. The number of carbonyl (C=O) groups excluding carboxylic acids is 2. The van der Waals surface area contributed by atoms with Crippen LogP contribution in [-0.2, 0) is 14.3 Å². The van der Waals surface area contributed by atoms with Gasteiger partial charge in [-0.25, -0.2) is 0 Å². The fraction of sp³-hybridized carbons (Fsp3) is 0.833. The van der Waals surface area contributed by atoms with Crippen LogP contribution >= 0.6 is 0 Å². The van der Waals surface area contributed by atoms with Gasteiger partial charge in [-0.3, -0.25) is 9.59 Å². The van der Waals surface area contributed by atoms with Crippen LogP contribution in [-0.4, -0.2) is 34.9 Å². The Morgan fingerprint density at radius 2 is 2.06 bits per heavy atom. The van der Waals surface area contributed by atoms with Crippen molar-refractivity contribution >= 4 is 11.8 Å². The van der Waals surface area contributed by atoms with Crippen molar-refractivity contribution < 1.29 is 24.5 Å². The maximum Gasteiger partial charge on any atom is 0.324 e. The van der Waals surface area contributed by atoms with E-state index >= 15 is 0 Å². The molecular weight excluding hydrogens is 224 g/mol. The van der Waals surface area contributed by atoms with Crippen LogP contribution in [0.1, 0.15) is 39.5 Å². The molecule has 1 rings (SSSR count). The van der Waals surface area contributed by atoms with Gasteiger partial charge in [0.15, 0.2) is 0 Å². The third-order valence-electron chi connectivity index (χ3n) is 3.31. The molecule has 0 radical (unpaired) electrons. The van der Waals surface area contributed by atoms with Crippen LogP contribution in [0, 0.1) is 11.3 Å². The molecule has 98 valence electrons.